The summed E-state index contributed by atoms with van der Waals surface area (Å²) in [7, 11) is 0. The molecule has 1 aromatic carbocycles. The van der Waals surface area contributed by atoms with Crippen molar-refractivity contribution in [1.29, 1.82) is 0 Å². The van der Waals surface area contributed by atoms with Gasteiger partial charge in [-0.05, 0) is 63.6 Å². The zero-order chi connectivity index (χ0) is 21.9. The summed E-state index contributed by atoms with van der Waals surface area (Å²) < 4.78 is 6.20. The van der Waals surface area contributed by atoms with E-state index in [9.17, 15) is 9.59 Å². The Hall–Kier alpha value is -1.96. The molecule has 30 heavy (non-hydrogen) atoms. The summed E-state index contributed by atoms with van der Waals surface area (Å²) in [6.45, 7) is 6.47. The van der Waals surface area contributed by atoms with Crippen LogP contribution < -0.4 is 10.6 Å². The van der Waals surface area contributed by atoms with Crippen LogP contribution in [-0.4, -0.2) is 41.8 Å². The van der Waals surface area contributed by atoms with Crippen molar-refractivity contribution in [3.63, 3.8) is 0 Å². The molecule has 2 heterocycles. The van der Waals surface area contributed by atoms with Crippen LogP contribution in [0.5, 0.6) is 0 Å². The molecule has 2 atom stereocenters. The summed E-state index contributed by atoms with van der Waals surface area (Å²) in [6, 6.07) is 10.2. The minimum atomic E-state index is -0.563. The third-order valence-corrected chi connectivity index (χ3v) is 6.26. The fraction of sp³-hybridized carbons (Fsp3) is 0.429. The van der Waals surface area contributed by atoms with Crippen molar-refractivity contribution in [2.24, 2.45) is 0 Å². The number of carbonyl (C=O) groups is 2. The molecule has 3 amide bonds. The van der Waals surface area contributed by atoms with Gasteiger partial charge in [-0.25, -0.2) is 9.59 Å². The molecule has 6 nitrogen and oxygen atoms in total. The third kappa shape index (κ3) is 6.27. The lowest BCUT2D eigenvalue weighted by atomic mass is 9.91. The fourth-order valence-electron chi connectivity index (χ4n) is 3.30. The molecular weight excluding hydrogens is 445 g/mol. The van der Waals surface area contributed by atoms with E-state index >= 15 is 0 Å². The quantitative estimate of drug-likeness (QED) is 0.581. The Bertz CT molecular complexity index is 896. The Labute approximate surface area is 190 Å². The normalized spacial score (nSPS) is 19.3. The molecule has 0 bridgehead atoms. The number of amides is 3. The van der Waals surface area contributed by atoms with Crippen LogP contribution in [0.3, 0.4) is 0 Å². The van der Waals surface area contributed by atoms with E-state index in [1.165, 1.54) is 11.3 Å². The number of nitrogens with one attached hydrogen (secondary N) is 2. The highest BCUT2D eigenvalue weighted by Gasteiger charge is 2.36. The first-order valence-electron chi connectivity index (χ1n) is 9.67. The summed E-state index contributed by atoms with van der Waals surface area (Å²) in [5, 5.41) is 6.47. The molecule has 2 N–H and O–H groups in total. The number of likely N-dealkylation sites (tertiary alicyclic amines) is 1. The minimum absolute atomic E-state index is 0.0836. The first-order valence-corrected chi connectivity index (χ1v) is 11.2. The highest BCUT2D eigenvalue weighted by atomic mass is 35.5. The number of thiophene rings is 1. The largest absolute Gasteiger partial charge is 0.444 e. The maximum Gasteiger partial charge on any atom is 0.410 e. The zero-order valence-corrected chi connectivity index (χ0v) is 19.4. The summed E-state index contributed by atoms with van der Waals surface area (Å²) in [5.74, 6) is -0.0836. The Balaban J connectivity index is 1.70. The average molecular weight is 470 g/mol. The van der Waals surface area contributed by atoms with Crippen LogP contribution in [0.1, 0.15) is 38.0 Å². The monoisotopic (exact) mass is 469 g/mol. The number of piperidine rings is 1. The molecule has 162 valence electrons. The highest BCUT2D eigenvalue weighted by Crippen LogP contribution is 2.34. The molecule has 0 saturated carbocycles. The van der Waals surface area contributed by atoms with E-state index in [0.717, 1.165) is 4.88 Å². The first kappa shape index (κ1) is 22.7. The molecule has 3 rings (SSSR count). The van der Waals surface area contributed by atoms with Crippen LogP contribution in [0.4, 0.5) is 15.3 Å². The first-order chi connectivity index (χ1) is 14.1. The van der Waals surface area contributed by atoms with Crippen LogP contribution in [0, 0.1) is 0 Å². The van der Waals surface area contributed by atoms with E-state index in [1.54, 1.807) is 29.2 Å². The molecule has 1 aliphatic heterocycles. The summed E-state index contributed by atoms with van der Waals surface area (Å²) in [6.07, 6.45) is 0.257. The minimum Gasteiger partial charge on any atom is -0.444 e. The number of nitrogens with zero attached hydrogens (tertiary/aromatic N) is 1. The maximum absolute atomic E-state index is 12.6. The zero-order valence-electron chi connectivity index (χ0n) is 17.1. The molecule has 0 aliphatic carbocycles. The van der Waals surface area contributed by atoms with Gasteiger partial charge in [-0.2, -0.15) is 0 Å². The van der Waals surface area contributed by atoms with Gasteiger partial charge >= 0.3 is 12.1 Å². The standard InChI is InChI=1S/C21H25Cl2N3O3S/c1-21(2,3)29-20(28)26-11-10-16(15(12-26)17-8-9-18(23)30-17)25-19(27)24-14-6-4-13(22)5-7-14/h4-9,15-16H,10-12H2,1-3H3,(H2,24,25,27)/t15-,16-/m1/s1. The van der Waals surface area contributed by atoms with Gasteiger partial charge in [0, 0.05) is 40.6 Å². The van der Waals surface area contributed by atoms with Crippen molar-refractivity contribution >= 4 is 52.4 Å². The van der Waals surface area contributed by atoms with E-state index in [0.29, 0.717) is 34.6 Å². The molecule has 0 spiro atoms. The van der Waals surface area contributed by atoms with E-state index in [2.05, 4.69) is 10.6 Å². The van der Waals surface area contributed by atoms with Gasteiger partial charge in [0.1, 0.15) is 5.60 Å². The predicted molar refractivity (Wildman–Crippen MR) is 122 cm³/mol. The van der Waals surface area contributed by atoms with Crippen molar-refractivity contribution in [1.82, 2.24) is 10.2 Å². The molecule has 1 aromatic heterocycles. The van der Waals surface area contributed by atoms with Crippen LogP contribution in [0.2, 0.25) is 9.36 Å². The summed E-state index contributed by atoms with van der Waals surface area (Å²) in [4.78, 5) is 27.8. The van der Waals surface area contributed by atoms with Gasteiger partial charge in [0.2, 0.25) is 0 Å². The van der Waals surface area contributed by atoms with Crippen LogP contribution in [0.25, 0.3) is 0 Å². The van der Waals surface area contributed by atoms with E-state index in [-0.39, 0.29) is 24.1 Å². The van der Waals surface area contributed by atoms with Gasteiger partial charge in [0.25, 0.3) is 0 Å². The van der Waals surface area contributed by atoms with Crippen molar-refractivity contribution in [2.75, 3.05) is 18.4 Å². The number of hydrogen-bond donors (Lipinski definition) is 2. The average Bonchev–Trinajstić information content (AvgIpc) is 3.08. The lowest BCUT2D eigenvalue weighted by Gasteiger charge is -2.39. The van der Waals surface area contributed by atoms with E-state index < -0.39 is 5.60 Å². The van der Waals surface area contributed by atoms with Gasteiger partial charge in [0.05, 0.1) is 4.34 Å². The number of rotatable bonds is 3. The smallest absolute Gasteiger partial charge is 0.410 e. The molecule has 1 saturated heterocycles. The Kier molecular flexibility index (Phi) is 7.16. The topological polar surface area (TPSA) is 70.7 Å². The molecule has 9 heteroatoms. The van der Waals surface area contributed by atoms with Gasteiger partial charge < -0.3 is 20.3 Å². The van der Waals surface area contributed by atoms with Gasteiger partial charge in [-0.1, -0.05) is 23.2 Å². The molecule has 0 radical (unpaired) electrons. The predicted octanol–water partition coefficient (Wildman–Crippen LogP) is 5.97. The van der Waals surface area contributed by atoms with Crippen LogP contribution in [0.15, 0.2) is 36.4 Å². The number of urea groups is 1. The van der Waals surface area contributed by atoms with Gasteiger partial charge in [0.15, 0.2) is 0 Å². The molecular formula is C21H25Cl2N3O3S. The molecule has 1 fully saturated rings. The maximum atomic E-state index is 12.6. The van der Waals surface area contributed by atoms with Gasteiger partial charge in [-0.3, -0.25) is 0 Å². The molecule has 2 aromatic rings. The van der Waals surface area contributed by atoms with Crippen LogP contribution in [-0.2, 0) is 4.74 Å². The van der Waals surface area contributed by atoms with Crippen LogP contribution >= 0.6 is 34.5 Å². The number of ether oxygens (including phenoxy) is 1. The third-order valence-electron chi connectivity index (χ3n) is 4.64. The number of halogens is 2. The summed E-state index contributed by atoms with van der Waals surface area (Å²) >= 11 is 13.5. The lowest BCUT2D eigenvalue weighted by molar-refractivity contribution is 0.0181. The molecule has 0 unspecified atom stereocenters. The molecule has 1 aliphatic rings. The van der Waals surface area contributed by atoms with Crippen molar-refractivity contribution in [3.8, 4) is 0 Å². The second-order valence-corrected chi connectivity index (χ2v) is 10.4. The Morgan fingerprint density at radius 2 is 1.83 bits per heavy atom. The number of hydrogen-bond acceptors (Lipinski definition) is 4. The number of carbonyl (C=O) groups excluding carboxylic acids is 2. The number of benzene rings is 1. The van der Waals surface area contributed by atoms with Crippen molar-refractivity contribution in [2.45, 2.75) is 44.8 Å². The van der Waals surface area contributed by atoms with E-state index in [1.807, 2.05) is 32.9 Å². The van der Waals surface area contributed by atoms with Crippen molar-refractivity contribution in [3.05, 3.63) is 50.6 Å². The number of anilines is 1. The second-order valence-electron chi connectivity index (χ2n) is 8.18. The Morgan fingerprint density at radius 1 is 1.13 bits per heavy atom. The van der Waals surface area contributed by atoms with Gasteiger partial charge in [-0.15, -0.1) is 11.3 Å². The van der Waals surface area contributed by atoms with E-state index in [4.69, 9.17) is 27.9 Å². The lowest BCUT2D eigenvalue weighted by Crippen LogP contribution is -2.52. The Morgan fingerprint density at radius 3 is 2.43 bits per heavy atom. The second kappa shape index (κ2) is 9.45. The SMILES string of the molecule is CC(C)(C)OC(=O)N1CC[C@@H](NC(=O)Nc2ccc(Cl)cc2)[C@H](c2ccc(Cl)s2)C1. The van der Waals surface area contributed by atoms with Crippen molar-refractivity contribution < 1.29 is 14.3 Å². The fourth-order valence-corrected chi connectivity index (χ4v) is 4.65. The highest BCUT2D eigenvalue weighted by molar-refractivity contribution is 7.16. The summed E-state index contributed by atoms with van der Waals surface area (Å²) in [5.41, 5.74) is 0.0886.